The van der Waals surface area contributed by atoms with Crippen molar-refractivity contribution >= 4 is 5.97 Å². The number of hydrogen-bond donors (Lipinski definition) is 0. The number of carbonyl (C=O) groups is 1. The monoisotopic (exact) mass is 186 g/mol. The Morgan fingerprint density at radius 2 is 2.00 bits per heavy atom. The Morgan fingerprint density at radius 3 is 2.23 bits per heavy atom. The van der Waals surface area contributed by atoms with E-state index in [2.05, 4.69) is 24.8 Å². The SMILES string of the molecule is C=COC(C)=O.C=COCCCC. The van der Waals surface area contributed by atoms with Crippen LogP contribution in [-0.4, -0.2) is 12.6 Å². The third-order valence-corrected chi connectivity index (χ3v) is 0.983. The smallest absolute Gasteiger partial charge is 0.307 e. The standard InChI is InChI=1S/C6H12O.C4H6O2/c1-3-5-6-7-4-2;1-3-6-4(2)5/h4H,2-3,5-6H2,1H3;3H,1H2,2H3. The van der Waals surface area contributed by atoms with Crippen LogP contribution in [-0.2, 0) is 14.3 Å². The van der Waals surface area contributed by atoms with Gasteiger partial charge in [-0.2, -0.15) is 0 Å². The predicted octanol–water partition coefficient (Wildman–Crippen LogP) is 2.64. The molecule has 0 aliphatic rings. The molecule has 0 aliphatic heterocycles. The topological polar surface area (TPSA) is 35.5 Å². The Labute approximate surface area is 80.0 Å². The van der Waals surface area contributed by atoms with Gasteiger partial charge in [-0.15, -0.1) is 0 Å². The highest BCUT2D eigenvalue weighted by molar-refractivity contribution is 5.66. The van der Waals surface area contributed by atoms with Gasteiger partial charge in [0.1, 0.15) is 0 Å². The molecule has 0 aliphatic carbocycles. The Hall–Kier alpha value is -1.25. The third kappa shape index (κ3) is 24.9. The molecule has 0 spiro atoms. The van der Waals surface area contributed by atoms with E-state index in [-0.39, 0.29) is 5.97 Å². The van der Waals surface area contributed by atoms with E-state index in [0.717, 1.165) is 19.3 Å². The highest BCUT2D eigenvalue weighted by atomic mass is 16.5. The molecule has 0 saturated heterocycles. The first-order valence-electron chi connectivity index (χ1n) is 4.19. The summed E-state index contributed by atoms with van der Waals surface area (Å²) >= 11 is 0. The summed E-state index contributed by atoms with van der Waals surface area (Å²) in [6.07, 6.45) is 4.90. The van der Waals surface area contributed by atoms with Crippen molar-refractivity contribution in [3.63, 3.8) is 0 Å². The fourth-order valence-corrected chi connectivity index (χ4v) is 0.428. The molecule has 0 saturated carbocycles. The molecule has 0 unspecified atom stereocenters. The summed E-state index contributed by atoms with van der Waals surface area (Å²) in [5.41, 5.74) is 0. The van der Waals surface area contributed by atoms with Gasteiger partial charge in [0.2, 0.25) is 0 Å². The molecule has 3 nitrogen and oxygen atoms in total. The van der Waals surface area contributed by atoms with E-state index in [1.807, 2.05) is 0 Å². The lowest BCUT2D eigenvalue weighted by atomic mass is 10.4. The van der Waals surface area contributed by atoms with E-state index < -0.39 is 0 Å². The Morgan fingerprint density at radius 1 is 1.38 bits per heavy atom. The molecule has 0 N–H and O–H groups in total. The molecule has 0 rings (SSSR count). The highest BCUT2D eigenvalue weighted by Crippen LogP contribution is 1.85. The molecule has 0 aromatic rings. The minimum Gasteiger partial charge on any atom is -0.502 e. The molecular formula is C10H18O3. The summed E-state index contributed by atoms with van der Waals surface area (Å²) < 4.78 is 9.00. The van der Waals surface area contributed by atoms with Gasteiger partial charge in [0.25, 0.3) is 0 Å². The van der Waals surface area contributed by atoms with Crippen molar-refractivity contribution in [2.75, 3.05) is 6.61 Å². The fraction of sp³-hybridized carbons (Fsp3) is 0.500. The van der Waals surface area contributed by atoms with Crippen molar-refractivity contribution in [1.29, 1.82) is 0 Å². The van der Waals surface area contributed by atoms with E-state index in [9.17, 15) is 4.79 Å². The molecule has 0 heterocycles. The lowest BCUT2D eigenvalue weighted by Crippen LogP contribution is -1.87. The summed E-state index contributed by atoms with van der Waals surface area (Å²) in [6.45, 7) is 10.8. The Balaban J connectivity index is 0. The van der Waals surface area contributed by atoms with Gasteiger partial charge >= 0.3 is 5.97 Å². The van der Waals surface area contributed by atoms with Crippen LogP contribution in [0.25, 0.3) is 0 Å². The van der Waals surface area contributed by atoms with Crippen molar-refractivity contribution in [2.45, 2.75) is 26.7 Å². The lowest BCUT2D eigenvalue weighted by molar-refractivity contribution is -0.135. The number of rotatable bonds is 5. The molecule has 0 atom stereocenters. The van der Waals surface area contributed by atoms with Crippen LogP contribution in [0.1, 0.15) is 26.7 Å². The van der Waals surface area contributed by atoms with Gasteiger partial charge in [0.05, 0.1) is 19.1 Å². The van der Waals surface area contributed by atoms with E-state index >= 15 is 0 Å². The zero-order valence-electron chi connectivity index (χ0n) is 8.41. The van der Waals surface area contributed by atoms with Crippen molar-refractivity contribution < 1.29 is 14.3 Å². The van der Waals surface area contributed by atoms with Crippen LogP contribution >= 0.6 is 0 Å². The summed E-state index contributed by atoms with van der Waals surface area (Å²) in [4.78, 5) is 9.75. The maximum absolute atomic E-state index is 9.75. The normalized spacial score (nSPS) is 7.54. The van der Waals surface area contributed by atoms with E-state index in [4.69, 9.17) is 4.74 Å². The third-order valence-electron chi connectivity index (χ3n) is 0.983. The largest absolute Gasteiger partial charge is 0.502 e. The maximum atomic E-state index is 9.75. The second-order valence-corrected chi connectivity index (χ2v) is 2.17. The fourth-order valence-electron chi connectivity index (χ4n) is 0.428. The molecule has 3 heteroatoms. The van der Waals surface area contributed by atoms with Gasteiger partial charge in [0, 0.05) is 6.92 Å². The first-order valence-corrected chi connectivity index (χ1v) is 4.19. The second-order valence-electron chi connectivity index (χ2n) is 2.17. The minimum atomic E-state index is -0.329. The van der Waals surface area contributed by atoms with E-state index in [0.29, 0.717) is 0 Å². The minimum absolute atomic E-state index is 0.329. The molecule has 0 amide bonds. The van der Waals surface area contributed by atoms with Crippen LogP contribution in [0.15, 0.2) is 25.7 Å². The van der Waals surface area contributed by atoms with Crippen LogP contribution in [0.5, 0.6) is 0 Å². The van der Waals surface area contributed by atoms with Crippen LogP contribution in [0, 0.1) is 0 Å². The lowest BCUT2D eigenvalue weighted by Gasteiger charge is -1.93. The second kappa shape index (κ2) is 13.3. The van der Waals surface area contributed by atoms with Crippen LogP contribution in [0.4, 0.5) is 0 Å². The Bertz CT molecular complexity index is 141. The average Bonchev–Trinajstić information content (AvgIpc) is 2.06. The van der Waals surface area contributed by atoms with Crippen LogP contribution in [0.2, 0.25) is 0 Å². The quantitative estimate of drug-likeness (QED) is 0.376. The zero-order chi connectivity index (χ0) is 10.5. The number of ether oxygens (including phenoxy) is 2. The zero-order valence-corrected chi connectivity index (χ0v) is 8.41. The number of unbranched alkanes of at least 4 members (excludes halogenated alkanes) is 1. The van der Waals surface area contributed by atoms with Gasteiger partial charge in [-0.25, -0.2) is 0 Å². The Kier molecular flexibility index (Phi) is 14.7. The number of carbonyl (C=O) groups excluding carboxylic acids is 1. The maximum Gasteiger partial charge on any atom is 0.307 e. The molecule has 0 fully saturated rings. The van der Waals surface area contributed by atoms with Crippen LogP contribution < -0.4 is 0 Å². The molecule has 13 heavy (non-hydrogen) atoms. The van der Waals surface area contributed by atoms with Gasteiger partial charge in [0.15, 0.2) is 0 Å². The van der Waals surface area contributed by atoms with Crippen molar-refractivity contribution in [3.05, 3.63) is 25.7 Å². The van der Waals surface area contributed by atoms with E-state index in [1.54, 1.807) is 0 Å². The summed E-state index contributed by atoms with van der Waals surface area (Å²) in [7, 11) is 0. The van der Waals surface area contributed by atoms with E-state index in [1.165, 1.54) is 19.6 Å². The summed E-state index contributed by atoms with van der Waals surface area (Å²) in [5.74, 6) is -0.329. The molecule has 0 aromatic heterocycles. The highest BCUT2D eigenvalue weighted by Gasteiger charge is 1.79. The van der Waals surface area contributed by atoms with Gasteiger partial charge in [-0.1, -0.05) is 26.5 Å². The molecule has 76 valence electrons. The molecule has 0 aromatic carbocycles. The van der Waals surface area contributed by atoms with Crippen molar-refractivity contribution in [1.82, 2.24) is 0 Å². The molecule has 0 radical (unpaired) electrons. The predicted molar refractivity (Wildman–Crippen MR) is 53.0 cm³/mol. The van der Waals surface area contributed by atoms with Gasteiger partial charge < -0.3 is 9.47 Å². The average molecular weight is 186 g/mol. The van der Waals surface area contributed by atoms with Gasteiger partial charge in [-0.3, -0.25) is 4.79 Å². The van der Waals surface area contributed by atoms with Crippen LogP contribution in [0.3, 0.4) is 0 Å². The summed E-state index contributed by atoms with van der Waals surface area (Å²) in [5, 5.41) is 0. The van der Waals surface area contributed by atoms with Crippen molar-refractivity contribution in [2.24, 2.45) is 0 Å². The van der Waals surface area contributed by atoms with Gasteiger partial charge in [-0.05, 0) is 6.42 Å². The number of hydrogen-bond acceptors (Lipinski definition) is 3. The van der Waals surface area contributed by atoms with Crippen molar-refractivity contribution in [3.8, 4) is 0 Å². The number of esters is 1. The molecular weight excluding hydrogens is 168 g/mol. The first kappa shape index (κ1) is 14.3. The summed E-state index contributed by atoms with van der Waals surface area (Å²) in [6, 6.07) is 0. The first-order chi connectivity index (χ1) is 6.18. The molecule has 0 bridgehead atoms.